The first-order valence-corrected chi connectivity index (χ1v) is 8.13. The average Bonchev–Trinajstić information content (AvgIpc) is 2.61. The van der Waals surface area contributed by atoms with Crippen molar-refractivity contribution in [3.63, 3.8) is 0 Å². The lowest BCUT2D eigenvalue weighted by Crippen LogP contribution is -2.22. The van der Waals surface area contributed by atoms with Crippen molar-refractivity contribution in [1.29, 1.82) is 0 Å². The maximum Gasteiger partial charge on any atom is 0.310 e. The van der Waals surface area contributed by atoms with Crippen molar-refractivity contribution < 1.29 is 24.5 Å². The number of ketones is 1. The number of carbonyl (C=O) groups excluding carboxylic acids is 2. The van der Waals surface area contributed by atoms with Gasteiger partial charge in [-0.05, 0) is 42.3 Å². The molecule has 25 heavy (non-hydrogen) atoms. The van der Waals surface area contributed by atoms with E-state index < -0.39 is 18.7 Å². The highest BCUT2D eigenvalue weighted by atomic mass is 35.5. The number of aliphatic hydroxyl groups is 2. The SMILES string of the molecule is Cc1c(CC(=O)OCC(O)CO)cccc1C(=O)c1ccc(Cl)cc1. The highest BCUT2D eigenvalue weighted by Gasteiger charge is 2.16. The standard InChI is InChI=1S/C19H19ClO5/c1-12-14(9-18(23)25-11-16(22)10-21)3-2-4-17(12)19(24)13-5-7-15(20)8-6-13/h2-8,16,21-22H,9-11H2,1H3. The minimum Gasteiger partial charge on any atom is -0.463 e. The summed E-state index contributed by atoms with van der Waals surface area (Å²) in [6.07, 6.45) is -1.12. The molecule has 0 fully saturated rings. The van der Waals surface area contributed by atoms with E-state index in [4.69, 9.17) is 21.4 Å². The summed E-state index contributed by atoms with van der Waals surface area (Å²) in [5, 5.41) is 18.5. The van der Waals surface area contributed by atoms with E-state index in [1.54, 1.807) is 49.4 Å². The molecule has 0 spiro atoms. The Kier molecular flexibility index (Phi) is 6.70. The van der Waals surface area contributed by atoms with E-state index in [9.17, 15) is 14.7 Å². The summed E-state index contributed by atoms with van der Waals surface area (Å²) < 4.78 is 4.90. The molecule has 132 valence electrons. The lowest BCUT2D eigenvalue weighted by atomic mass is 9.94. The highest BCUT2D eigenvalue weighted by Crippen LogP contribution is 2.20. The maximum atomic E-state index is 12.7. The molecule has 0 saturated carbocycles. The van der Waals surface area contributed by atoms with E-state index in [1.165, 1.54) is 0 Å². The number of aliphatic hydroxyl groups excluding tert-OH is 2. The molecule has 0 radical (unpaired) electrons. The molecular weight excluding hydrogens is 344 g/mol. The van der Waals surface area contributed by atoms with Crippen LogP contribution in [0.1, 0.15) is 27.0 Å². The number of halogens is 1. The Morgan fingerprint density at radius 1 is 1.16 bits per heavy atom. The second-order valence-corrected chi connectivity index (χ2v) is 6.06. The predicted molar refractivity (Wildman–Crippen MR) is 93.8 cm³/mol. The molecule has 0 aliphatic rings. The van der Waals surface area contributed by atoms with Crippen molar-refractivity contribution in [2.24, 2.45) is 0 Å². The molecule has 0 aliphatic heterocycles. The van der Waals surface area contributed by atoms with Gasteiger partial charge in [-0.3, -0.25) is 9.59 Å². The molecule has 0 bridgehead atoms. The van der Waals surface area contributed by atoms with Crippen LogP contribution in [0.3, 0.4) is 0 Å². The second-order valence-electron chi connectivity index (χ2n) is 5.62. The first-order chi connectivity index (χ1) is 11.9. The van der Waals surface area contributed by atoms with Crippen LogP contribution in [0.5, 0.6) is 0 Å². The number of benzene rings is 2. The molecule has 1 unspecified atom stereocenters. The largest absolute Gasteiger partial charge is 0.463 e. The van der Waals surface area contributed by atoms with Gasteiger partial charge in [0.2, 0.25) is 0 Å². The maximum absolute atomic E-state index is 12.7. The van der Waals surface area contributed by atoms with Crippen molar-refractivity contribution in [2.45, 2.75) is 19.4 Å². The number of hydrogen-bond acceptors (Lipinski definition) is 5. The molecule has 6 heteroatoms. The van der Waals surface area contributed by atoms with Gasteiger partial charge < -0.3 is 14.9 Å². The Bertz CT molecular complexity index is 755. The number of esters is 1. The normalized spacial score (nSPS) is 11.8. The topological polar surface area (TPSA) is 83.8 Å². The summed E-state index contributed by atoms with van der Waals surface area (Å²) in [7, 11) is 0. The van der Waals surface area contributed by atoms with E-state index in [0.29, 0.717) is 27.3 Å². The third-order valence-corrected chi connectivity index (χ3v) is 4.03. The number of hydrogen-bond donors (Lipinski definition) is 2. The zero-order valence-electron chi connectivity index (χ0n) is 13.7. The summed E-state index contributed by atoms with van der Waals surface area (Å²) in [6.45, 7) is 1.03. The molecule has 2 N–H and O–H groups in total. The van der Waals surface area contributed by atoms with E-state index in [1.807, 2.05) is 0 Å². The van der Waals surface area contributed by atoms with E-state index in [0.717, 1.165) is 0 Å². The van der Waals surface area contributed by atoms with E-state index >= 15 is 0 Å². The monoisotopic (exact) mass is 362 g/mol. The molecule has 2 aromatic rings. The fourth-order valence-corrected chi connectivity index (χ4v) is 2.45. The van der Waals surface area contributed by atoms with Crippen molar-refractivity contribution in [3.8, 4) is 0 Å². The molecule has 2 rings (SSSR count). The molecule has 2 aromatic carbocycles. The van der Waals surface area contributed by atoms with Gasteiger partial charge in [0.25, 0.3) is 0 Å². The highest BCUT2D eigenvalue weighted by molar-refractivity contribution is 6.30. The summed E-state index contributed by atoms with van der Waals surface area (Å²) >= 11 is 5.84. The average molecular weight is 363 g/mol. The Labute approximate surface area is 150 Å². The number of ether oxygens (including phenoxy) is 1. The second kappa shape index (κ2) is 8.76. The van der Waals surface area contributed by atoms with Gasteiger partial charge in [-0.15, -0.1) is 0 Å². The zero-order chi connectivity index (χ0) is 18.4. The molecule has 5 nitrogen and oxygen atoms in total. The van der Waals surface area contributed by atoms with Crippen molar-refractivity contribution >= 4 is 23.4 Å². The Hall–Kier alpha value is -2.21. The molecule has 0 aromatic heterocycles. The van der Waals surface area contributed by atoms with Gasteiger partial charge in [0.05, 0.1) is 13.0 Å². The third-order valence-electron chi connectivity index (χ3n) is 3.78. The van der Waals surface area contributed by atoms with Crippen LogP contribution in [-0.4, -0.2) is 41.3 Å². The number of carbonyl (C=O) groups is 2. The third kappa shape index (κ3) is 5.13. The zero-order valence-corrected chi connectivity index (χ0v) is 14.5. The smallest absolute Gasteiger partial charge is 0.310 e. The molecule has 0 saturated heterocycles. The van der Waals surface area contributed by atoms with Gasteiger partial charge in [0.1, 0.15) is 12.7 Å². The van der Waals surface area contributed by atoms with Crippen LogP contribution in [0.25, 0.3) is 0 Å². The molecular formula is C19H19ClO5. The molecule has 0 aliphatic carbocycles. The summed E-state index contributed by atoms with van der Waals surface area (Å²) in [4.78, 5) is 24.5. The minimum atomic E-state index is -1.09. The first-order valence-electron chi connectivity index (χ1n) is 7.75. The quantitative estimate of drug-likeness (QED) is 0.583. The predicted octanol–water partition coefficient (Wildman–Crippen LogP) is 2.32. The van der Waals surface area contributed by atoms with Crippen LogP contribution in [0.2, 0.25) is 5.02 Å². The minimum absolute atomic E-state index is 0.0221. The van der Waals surface area contributed by atoms with Gasteiger partial charge in [0.15, 0.2) is 5.78 Å². The Morgan fingerprint density at radius 2 is 1.84 bits per heavy atom. The van der Waals surface area contributed by atoms with Gasteiger partial charge >= 0.3 is 5.97 Å². The fraction of sp³-hybridized carbons (Fsp3) is 0.263. The van der Waals surface area contributed by atoms with Gasteiger partial charge in [-0.25, -0.2) is 0 Å². The van der Waals surface area contributed by atoms with Crippen molar-refractivity contribution in [2.75, 3.05) is 13.2 Å². The van der Waals surface area contributed by atoms with Crippen LogP contribution in [0, 0.1) is 6.92 Å². The fourth-order valence-electron chi connectivity index (χ4n) is 2.33. The van der Waals surface area contributed by atoms with Gasteiger partial charge in [-0.2, -0.15) is 0 Å². The number of rotatable bonds is 7. The molecule has 0 amide bonds. The van der Waals surface area contributed by atoms with Crippen molar-refractivity contribution in [3.05, 3.63) is 69.7 Å². The lowest BCUT2D eigenvalue weighted by Gasteiger charge is -2.12. The molecule has 1 atom stereocenters. The van der Waals surface area contributed by atoms with Crippen LogP contribution in [-0.2, 0) is 16.0 Å². The summed E-state index contributed by atoms with van der Waals surface area (Å²) in [5.74, 6) is -0.688. The van der Waals surface area contributed by atoms with Crippen LogP contribution >= 0.6 is 11.6 Å². The van der Waals surface area contributed by atoms with E-state index in [2.05, 4.69) is 0 Å². The van der Waals surface area contributed by atoms with Crippen LogP contribution in [0.4, 0.5) is 0 Å². The summed E-state index contributed by atoms with van der Waals surface area (Å²) in [6, 6.07) is 11.8. The lowest BCUT2D eigenvalue weighted by molar-refractivity contribution is -0.146. The van der Waals surface area contributed by atoms with E-state index in [-0.39, 0.29) is 18.8 Å². The van der Waals surface area contributed by atoms with Gasteiger partial charge in [-0.1, -0.05) is 29.8 Å². The Morgan fingerprint density at radius 3 is 2.48 bits per heavy atom. The first kappa shape index (κ1) is 19.1. The summed E-state index contributed by atoms with van der Waals surface area (Å²) in [5.41, 5.74) is 2.38. The van der Waals surface area contributed by atoms with Gasteiger partial charge in [0, 0.05) is 16.1 Å². The Balaban J connectivity index is 2.15. The van der Waals surface area contributed by atoms with Crippen LogP contribution in [0.15, 0.2) is 42.5 Å². The van der Waals surface area contributed by atoms with Crippen molar-refractivity contribution in [1.82, 2.24) is 0 Å². The van der Waals surface area contributed by atoms with Crippen LogP contribution < -0.4 is 0 Å². The molecule has 0 heterocycles.